The van der Waals surface area contributed by atoms with Crippen LogP contribution < -0.4 is 0 Å². The average Bonchev–Trinajstić information content (AvgIpc) is 3.27. The molecular weight excluding hydrogens is 877 g/mol. The molecule has 0 N–H and O–H groups in total. The van der Waals surface area contributed by atoms with Crippen LogP contribution in [0.5, 0.6) is 0 Å². The zero-order chi connectivity index (χ0) is 48.4. The molecule has 0 atom stereocenters. The molecule has 2 saturated heterocycles. The number of piperidine rings is 2. The number of likely N-dealkylation sites (tertiary alicyclic amines) is 2. The third-order valence-electron chi connectivity index (χ3n) is 13.5. The highest BCUT2D eigenvalue weighted by molar-refractivity contribution is 7.79. The predicted octanol–water partition coefficient (Wildman–Crippen LogP) is 12.6. The third kappa shape index (κ3) is 34.9. The summed E-state index contributed by atoms with van der Waals surface area (Å²) in [5, 5.41) is 0. The lowest BCUT2D eigenvalue weighted by atomic mass is 10.0. The van der Waals surface area contributed by atoms with Gasteiger partial charge in [-0.05, 0) is 106 Å². The Hall–Kier alpha value is -0.0162. The van der Waals surface area contributed by atoms with E-state index in [9.17, 15) is 0 Å². The number of rotatable bonds is 40. The number of hydrogen-bond donors (Lipinski definition) is 0. The average molecular weight is 986 g/mol. The molecule has 15 heteroatoms. The lowest BCUT2D eigenvalue weighted by Gasteiger charge is -2.43. The molecule has 2 aliphatic rings. The monoisotopic (exact) mass is 985 g/mol. The molecule has 2 rings (SSSR count). The van der Waals surface area contributed by atoms with Crippen molar-refractivity contribution in [2.45, 2.75) is 234 Å². The largest absolute Gasteiger partial charge is 0.759 e. The van der Waals surface area contributed by atoms with Gasteiger partial charge in [0.2, 0.25) is 0 Å². The van der Waals surface area contributed by atoms with E-state index in [0.29, 0.717) is 39.6 Å². The topological polar surface area (TPSA) is 136 Å². The summed E-state index contributed by atoms with van der Waals surface area (Å²) in [4.78, 5) is 0. The summed E-state index contributed by atoms with van der Waals surface area (Å²) in [7, 11) is -10.2. The highest BCUT2D eigenvalue weighted by Crippen LogP contribution is 2.28. The Kier molecular flexibility index (Phi) is 41.7. The van der Waals surface area contributed by atoms with Gasteiger partial charge in [0.1, 0.15) is 0 Å². The maximum absolute atomic E-state index is 8.52. The van der Waals surface area contributed by atoms with E-state index in [4.69, 9.17) is 44.1 Å². The van der Waals surface area contributed by atoms with Crippen LogP contribution in [-0.2, 0) is 37.0 Å². The summed E-state index contributed by atoms with van der Waals surface area (Å²) in [6, 6.07) is 1.94. The Balaban J connectivity index is 0.00000114. The Morgan fingerprint density at radius 2 is 0.569 bits per heavy atom. The summed E-state index contributed by atoms with van der Waals surface area (Å²) in [5.74, 6) is 0. The molecule has 2 fully saturated rings. The third-order valence-corrected chi connectivity index (χ3v) is 19.5. The van der Waals surface area contributed by atoms with Crippen molar-refractivity contribution >= 4 is 28.0 Å². The molecular formula is C50H108N2O10SSi2. The summed E-state index contributed by atoms with van der Waals surface area (Å²) >= 11 is 0. The first-order chi connectivity index (χ1) is 31.3. The van der Waals surface area contributed by atoms with E-state index in [0.717, 1.165) is 12.1 Å². The molecule has 0 spiro atoms. The minimum Gasteiger partial charge on any atom is -0.759 e. The first kappa shape index (κ1) is 65.0. The fourth-order valence-corrected chi connectivity index (χ4v) is 15.6. The van der Waals surface area contributed by atoms with E-state index in [1.54, 1.807) is 0 Å². The van der Waals surface area contributed by atoms with Gasteiger partial charge in [-0.25, -0.2) is 0 Å². The SMILES string of the molecule is CCCCCCCCCCCC[N+]1(CC[Si](OCC)(OCC)OCC)CCCCC1.CCCCCCCCCCCC[N+]1(CC[Si](OCC)(OCC)OCC)CCCCC1.O=S(=O)([O-])[O-]. The second-order valence-corrected chi connectivity index (χ2v) is 25.1. The number of nitrogens with zero attached hydrogens (tertiary/aromatic N) is 2. The predicted molar refractivity (Wildman–Crippen MR) is 272 cm³/mol. The molecule has 392 valence electrons. The van der Waals surface area contributed by atoms with E-state index in [1.807, 2.05) is 0 Å². The van der Waals surface area contributed by atoms with Crippen LogP contribution in [0.3, 0.4) is 0 Å². The fourth-order valence-electron chi connectivity index (χ4n) is 10.1. The van der Waals surface area contributed by atoms with E-state index >= 15 is 0 Å². The Morgan fingerprint density at radius 1 is 0.354 bits per heavy atom. The maximum atomic E-state index is 8.52. The van der Waals surface area contributed by atoms with Gasteiger partial charge in [0.25, 0.3) is 0 Å². The second-order valence-electron chi connectivity index (χ2n) is 18.8. The van der Waals surface area contributed by atoms with Gasteiger partial charge in [-0.1, -0.05) is 117 Å². The van der Waals surface area contributed by atoms with E-state index < -0.39 is 28.0 Å². The number of quaternary nitrogens is 2. The van der Waals surface area contributed by atoms with Crippen LogP contribution in [0.15, 0.2) is 0 Å². The maximum Gasteiger partial charge on any atom is 0.506 e. The van der Waals surface area contributed by atoms with Crippen molar-refractivity contribution in [1.29, 1.82) is 0 Å². The van der Waals surface area contributed by atoms with Crippen LogP contribution >= 0.6 is 0 Å². The summed E-state index contributed by atoms with van der Waals surface area (Å²) in [6.07, 6.45) is 36.7. The van der Waals surface area contributed by atoms with E-state index in [2.05, 4.69) is 55.4 Å². The van der Waals surface area contributed by atoms with Crippen molar-refractivity contribution < 1.29 is 53.0 Å². The van der Waals surface area contributed by atoms with Gasteiger partial charge in [0.05, 0.1) is 64.4 Å². The molecule has 0 unspecified atom stereocenters. The zero-order valence-electron chi connectivity index (χ0n) is 44.1. The molecule has 2 aliphatic heterocycles. The number of hydrogen-bond acceptors (Lipinski definition) is 10. The Bertz CT molecular complexity index is 1030. The Labute approximate surface area is 405 Å². The molecule has 0 radical (unpaired) electrons. The summed E-state index contributed by atoms with van der Waals surface area (Å²) < 4.78 is 73.5. The number of unbranched alkanes of at least 4 members (excludes halogenated alkanes) is 18. The van der Waals surface area contributed by atoms with Gasteiger partial charge in [-0.3, -0.25) is 8.42 Å². The minimum atomic E-state index is -5.17. The van der Waals surface area contributed by atoms with Gasteiger partial charge >= 0.3 is 17.6 Å². The lowest BCUT2D eigenvalue weighted by molar-refractivity contribution is -0.931. The molecule has 0 aromatic heterocycles. The fraction of sp³-hybridized carbons (Fsp3) is 1.00. The summed E-state index contributed by atoms with van der Waals surface area (Å²) in [5.41, 5.74) is 0. The van der Waals surface area contributed by atoms with Crippen molar-refractivity contribution in [2.75, 3.05) is 92.0 Å². The molecule has 0 saturated carbocycles. The van der Waals surface area contributed by atoms with Crippen LogP contribution in [-0.4, -0.2) is 136 Å². The highest BCUT2D eigenvalue weighted by Gasteiger charge is 2.45. The van der Waals surface area contributed by atoms with Gasteiger partial charge in [0.15, 0.2) is 0 Å². The van der Waals surface area contributed by atoms with Crippen molar-refractivity contribution in [3.05, 3.63) is 0 Å². The molecule has 0 aliphatic carbocycles. The standard InChI is InChI=1S/2C25H54NO3Si.H2O4S/c2*1-5-9-10-11-12-13-14-15-16-18-21-26(22-19-17-20-23-26)24-25-30(27-6-2,28-7-3)29-8-4;1-5(2,3)4/h2*5-25H2,1-4H3;(H2,1,2,3,4)/q2*+1;/p-2. The van der Waals surface area contributed by atoms with Crippen molar-refractivity contribution in [1.82, 2.24) is 0 Å². The molecule has 2 heterocycles. The van der Waals surface area contributed by atoms with Crippen molar-refractivity contribution in [3.63, 3.8) is 0 Å². The van der Waals surface area contributed by atoms with E-state index in [1.165, 1.54) is 228 Å². The molecule has 0 amide bonds. The van der Waals surface area contributed by atoms with E-state index in [-0.39, 0.29) is 0 Å². The van der Waals surface area contributed by atoms with Crippen LogP contribution in [0.4, 0.5) is 0 Å². The minimum absolute atomic E-state index is 0.685. The molecule has 0 aromatic carbocycles. The first-order valence-electron chi connectivity index (χ1n) is 27.5. The van der Waals surface area contributed by atoms with Gasteiger partial charge in [0, 0.05) is 50.0 Å². The van der Waals surface area contributed by atoms with Gasteiger partial charge in [-0.2, -0.15) is 0 Å². The quantitative estimate of drug-likeness (QED) is 0.0192. The molecule has 12 nitrogen and oxygen atoms in total. The van der Waals surface area contributed by atoms with Crippen molar-refractivity contribution in [3.8, 4) is 0 Å². The van der Waals surface area contributed by atoms with Crippen LogP contribution in [0, 0.1) is 0 Å². The molecule has 0 aromatic rings. The van der Waals surface area contributed by atoms with Gasteiger partial charge in [-0.15, -0.1) is 0 Å². The van der Waals surface area contributed by atoms with Gasteiger partial charge < -0.3 is 44.6 Å². The zero-order valence-corrected chi connectivity index (χ0v) is 46.9. The summed E-state index contributed by atoms with van der Waals surface area (Å²) in [6.45, 7) is 31.5. The Morgan fingerprint density at radius 3 is 0.785 bits per heavy atom. The highest BCUT2D eigenvalue weighted by atomic mass is 32.3. The first-order valence-corrected chi connectivity index (χ1v) is 32.7. The van der Waals surface area contributed by atoms with Crippen LogP contribution in [0.1, 0.15) is 222 Å². The molecule has 65 heavy (non-hydrogen) atoms. The van der Waals surface area contributed by atoms with Crippen LogP contribution in [0.25, 0.3) is 0 Å². The van der Waals surface area contributed by atoms with Crippen LogP contribution in [0.2, 0.25) is 12.1 Å². The second kappa shape index (κ2) is 41.7. The molecule has 0 bridgehead atoms. The van der Waals surface area contributed by atoms with Crippen molar-refractivity contribution in [2.24, 2.45) is 0 Å². The normalized spacial score (nSPS) is 16.4. The lowest BCUT2D eigenvalue weighted by Crippen LogP contribution is -2.56. The smallest absolute Gasteiger partial charge is 0.506 e.